The average molecular weight is 296 g/mol. The standard InChI is InChI=1S/C12H11F3N6/c13-12(14,15)7-1-2-10-19-20-11(21(10)5-7)9(16)3-8-4-17-6-18-8/h1-2,4-6,9H,3,16H2,(H,17,18). The van der Waals surface area contributed by atoms with Gasteiger partial charge in [0.2, 0.25) is 0 Å². The number of H-pyrrole nitrogens is 1. The van der Waals surface area contributed by atoms with Crippen molar-refractivity contribution in [2.45, 2.75) is 18.6 Å². The number of nitrogens with two attached hydrogens (primary N) is 1. The first-order valence-corrected chi connectivity index (χ1v) is 6.10. The Hall–Kier alpha value is -2.42. The lowest BCUT2D eigenvalue weighted by atomic mass is 10.1. The van der Waals surface area contributed by atoms with E-state index >= 15 is 0 Å². The maximum Gasteiger partial charge on any atom is 0.417 e. The first-order chi connectivity index (χ1) is 9.95. The van der Waals surface area contributed by atoms with Gasteiger partial charge in [-0.05, 0) is 12.1 Å². The number of halogens is 3. The third kappa shape index (κ3) is 2.59. The van der Waals surface area contributed by atoms with E-state index < -0.39 is 17.8 Å². The van der Waals surface area contributed by atoms with E-state index in [0.29, 0.717) is 12.1 Å². The molecule has 1 atom stereocenters. The molecule has 0 aliphatic rings. The van der Waals surface area contributed by atoms with Gasteiger partial charge in [0, 0.05) is 24.5 Å². The molecule has 3 heterocycles. The lowest BCUT2D eigenvalue weighted by Gasteiger charge is -2.10. The van der Waals surface area contributed by atoms with E-state index in [1.165, 1.54) is 16.8 Å². The molecule has 0 aliphatic heterocycles. The number of alkyl halides is 3. The number of hydrogen-bond donors (Lipinski definition) is 2. The smallest absolute Gasteiger partial charge is 0.348 e. The molecule has 0 spiro atoms. The Morgan fingerprint density at radius 3 is 2.76 bits per heavy atom. The van der Waals surface area contributed by atoms with Crippen LogP contribution in [0.15, 0.2) is 30.9 Å². The van der Waals surface area contributed by atoms with Gasteiger partial charge in [0.1, 0.15) is 0 Å². The van der Waals surface area contributed by atoms with Gasteiger partial charge in [0.15, 0.2) is 11.5 Å². The molecule has 3 N–H and O–H groups in total. The van der Waals surface area contributed by atoms with Crippen LogP contribution in [0.1, 0.15) is 23.1 Å². The van der Waals surface area contributed by atoms with Crippen molar-refractivity contribution in [3.8, 4) is 0 Å². The highest BCUT2D eigenvalue weighted by Crippen LogP contribution is 2.29. The third-order valence-electron chi connectivity index (χ3n) is 3.08. The van der Waals surface area contributed by atoms with Crippen LogP contribution in [0.25, 0.3) is 5.65 Å². The van der Waals surface area contributed by atoms with Crippen LogP contribution in [0.2, 0.25) is 0 Å². The second-order valence-electron chi connectivity index (χ2n) is 4.59. The minimum absolute atomic E-state index is 0.269. The van der Waals surface area contributed by atoms with Crippen molar-refractivity contribution in [2.24, 2.45) is 5.73 Å². The van der Waals surface area contributed by atoms with Gasteiger partial charge in [-0.2, -0.15) is 13.2 Å². The molecule has 1 unspecified atom stereocenters. The molecule has 0 saturated carbocycles. The number of aromatic amines is 1. The van der Waals surface area contributed by atoms with Crippen LogP contribution in [-0.2, 0) is 12.6 Å². The quantitative estimate of drug-likeness (QED) is 0.770. The Bertz CT molecular complexity index is 746. The Kier molecular flexibility index (Phi) is 3.13. The summed E-state index contributed by atoms with van der Waals surface area (Å²) in [5.41, 5.74) is 6.32. The summed E-state index contributed by atoms with van der Waals surface area (Å²) in [6.07, 6.45) is 0.00763. The van der Waals surface area contributed by atoms with Gasteiger partial charge in [-0.25, -0.2) is 4.98 Å². The van der Waals surface area contributed by atoms with Crippen LogP contribution in [0, 0.1) is 0 Å². The highest BCUT2D eigenvalue weighted by Gasteiger charge is 2.31. The maximum atomic E-state index is 12.8. The molecule has 0 radical (unpaired) electrons. The fraction of sp³-hybridized carbons (Fsp3) is 0.250. The van der Waals surface area contributed by atoms with E-state index in [0.717, 1.165) is 18.0 Å². The fourth-order valence-corrected chi connectivity index (χ4v) is 2.05. The van der Waals surface area contributed by atoms with Crippen molar-refractivity contribution in [3.05, 3.63) is 47.9 Å². The second-order valence-corrected chi connectivity index (χ2v) is 4.59. The van der Waals surface area contributed by atoms with Crippen molar-refractivity contribution < 1.29 is 13.2 Å². The van der Waals surface area contributed by atoms with Crippen LogP contribution in [-0.4, -0.2) is 24.6 Å². The summed E-state index contributed by atoms with van der Waals surface area (Å²) in [6, 6.07) is 1.64. The number of imidazole rings is 1. The highest BCUT2D eigenvalue weighted by atomic mass is 19.4. The normalized spacial score (nSPS) is 13.7. The van der Waals surface area contributed by atoms with Crippen LogP contribution in [0.5, 0.6) is 0 Å². The molecule has 0 bridgehead atoms. The number of nitrogens with zero attached hydrogens (tertiary/aromatic N) is 4. The van der Waals surface area contributed by atoms with Gasteiger partial charge >= 0.3 is 6.18 Å². The minimum atomic E-state index is -4.43. The summed E-state index contributed by atoms with van der Waals surface area (Å²) in [4.78, 5) is 6.75. The minimum Gasteiger partial charge on any atom is -0.348 e. The van der Waals surface area contributed by atoms with Crippen LogP contribution < -0.4 is 5.73 Å². The predicted molar refractivity (Wildman–Crippen MR) is 67.2 cm³/mol. The summed E-state index contributed by atoms with van der Waals surface area (Å²) >= 11 is 0. The van der Waals surface area contributed by atoms with Crippen molar-refractivity contribution >= 4 is 5.65 Å². The topological polar surface area (TPSA) is 84.9 Å². The van der Waals surface area contributed by atoms with Gasteiger partial charge < -0.3 is 10.7 Å². The lowest BCUT2D eigenvalue weighted by Crippen LogP contribution is -2.17. The SMILES string of the molecule is NC(Cc1cnc[nH]1)c1nnc2ccc(C(F)(F)F)cn12. The Morgan fingerprint density at radius 1 is 1.29 bits per heavy atom. The van der Waals surface area contributed by atoms with Crippen molar-refractivity contribution in [3.63, 3.8) is 0 Å². The van der Waals surface area contributed by atoms with Gasteiger partial charge in [-0.15, -0.1) is 10.2 Å². The largest absolute Gasteiger partial charge is 0.417 e. The summed E-state index contributed by atoms with van der Waals surface area (Å²) in [6.45, 7) is 0. The maximum absolute atomic E-state index is 12.8. The number of rotatable bonds is 3. The average Bonchev–Trinajstić information content (AvgIpc) is 3.05. The molecule has 0 saturated heterocycles. The van der Waals surface area contributed by atoms with Gasteiger partial charge in [-0.1, -0.05) is 0 Å². The fourth-order valence-electron chi connectivity index (χ4n) is 2.05. The number of pyridine rings is 1. The molecular weight excluding hydrogens is 285 g/mol. The zero-order chi connectivity index (χ0) is 15.0. The van der Waals surface area contributed by atoms with E-state index in [2.05, 4.69) is 20.2 Å². The molecule has 0 fully saturated rings. The molecule has 0 amide bonds. The van der Waals surface area contributed by atoms with E-state index in [-0.39, 0.29) is 5.82 Å². The summed E-state index contributed by atoms with van der Waals surface area (Å²) in [5.74, 6) is 0.269. The zero-order valence-electron chi connectivity index (χ0n) is 10.7. The molecule has 110 valence electrons. The first-order valence-electron chi connectivity index (χ1n) is 6.10. The molecule has 6 nitrogen and oxygen atoms in total. The van der Waals surface area contributed by atoms with E-state index in [4.69, 9.17) is 5.73 Å². The predicted octanol–water partition coefficient (Wildman–Crippen LogP) is 1.71. The van der Waals surface area contributed by atoms with Crippen molar-refractivity contribution in [1.82, 2.24) is 24.6 Å². The second kappa shape index (κ2) is 4.85. The van der Waals surface area contributed by atoms with Crippen LogP contribution in [0.3, 0.4) is 0 Å². The molecule has 0 aromatic carbocycles. The lowest BCUT2D eigenvalue weighted by molar-refractivity contribution is -0.137. The monoisotopic (exact) mass is 296 g/mol. The molecular formula is C12H11F3N6. The molecule has 0 aliphatic carbocycles. The number of aromatic nitrogens is 5. The summed E-state index contributed by atoms with van der Waals surface area (Å²) in [7, 11) is 0. The highest BCUT2D eigenvalue weighted by molar-refractivity contribution is 5.40. The van der Waals surface area contributed by atoms with Gasteiger partial charge in [0.25, 0.3) is 0 Å². The molecule has 3 aromatic rings. The van der Waals surface area contributed by atoms with E-state index in [1.54, 1.807) is 6.20 Å². The molecule has 21 heavy (non-hydrogen) atoms. The van der Waals surface area contributed by atoms with Crippen molar-refractivity contribution in [1.29, 1.82) is 0 Å². The van der Waals surface area contributed by atoms with Gasteiger partial charge in [-0.3, -0.25) is 4.40 Å². The Balaban J connectivity index is 1.98. The van der Waals surface area contributed by atoms with Crippen molar-refractivity contribution in [2.75, 3.05) is 0 Å². The van der Waals surface area contributed by atoms with E-state index in [1.807, 2.05) is 0 Å². The Labute approximate surface area is 116 Å². The Morgan fingerprint density at radius 2 is 2.10 bits per heavy atom. The number of nitrogens with one attached hydrogen (secondary N) is 1. The summed E-state index contributed by atoms with van der Waals surface area (Å²) in [5, 5.41) is 7.72. The molecule has 3 rings (SSSR count). The zero-order valence-corrected chi connectivity index (χ0v) is 10.7. The molecule has 9 heteroatoms. The van der Waals surface area contributed by atoms with Gasteiger partial charge in [0.05, 0.1) is 17.9 Å². The van der Waals surface area contributed by atoms with E-state index in [9.17, 15) is 13.2 Å². The van der Waals surface area contributed by atoms with Crippen LogP contribution >= 0.6 is 0 Å². The van der Waals surface area contributed by atoms with Crippen LogP contribution in [0.4, 0.5) is 13.2 Å². The number of hydrogen-bond acceptors (Lipinski definition) is 4. The third-order valence-corrected chi connectivity index (χ3v) is 3.08. The molecule has 3 aromatic heterocycles. The summed E-state index contributed by atoms with van der Waals surface area (Å²) < 4.78 is 39.6. The first kappa shape index (κ1) is 13.6. The number of fused-ring (bicyclic) bond motifs is 1.